The Bertz CT molecular complexity index is 1430. The third kappa shape index (κ3) is 4.38. The quantitative estimate of drug-likeness (QED) is 0.295. The maximum atomic E-state index is 12.6. The minimum atomic E-state index is -0.243. The molecule has 9 nitrogen and oxygen atoms in total. The van der Waals surface area contributed by atoms with Crippen LogP contribution in [0.5, 0.6) is 0 Å². The lowest BCUT2D eigenvalue weighted by molar-refractivity contribution is 0.101. The molecule has 3 aromatic heterocycles. The normalized spacial score (nSPS) is 11.3. The van der Waals surface area contributed by atoms with E-state index < -0.39 is 0 Å². The largest absolute Gasteiger partial charge is 0.355 e. The number of hydrogen-bond acceptors (Lipinski definition) is 5. The van der Waals surface area contributed by atoms with Crippen LogP contribution in [0.4, 0.5) is 17.1 Å². The van der Waals surface area contributed by atoms with Gasteiger partial charge < -0.3 is 20.2 Å². The van der Waals surface area contributed by atoms with Gasteiger partial charge in [0.15, 0.2) is 5.82 Å². The van der Waals surface area contributed by atoms with E-state index in [1.54, 1.807) is 29.4 Å². The standard InChI is InChI=1S/C24H22N8O/c1-2-32-13-12-27-23(32)24(33)29-17-5-3-4-16(14-17)28-18-6-7-19-20(30-31-21(19)15-18)8-9-22-25-10-11-26-22/h3-15,28H,2H2,1H3,(H,25,26)(H,29,33)(H,30,31)/b9-8+. The van der Waals surface area contributed by atoms with Crippen LogP contribution in [0.25, 0.3) is 23.1 Å². The molecule has 0 spiro atoms. The lowest BCUT2D eigenvalue weighted by atomic mass is 10.1. The van der Waals surface area contributed by atoms with Crippen molar-refractivity contribution in [3.8, 4) is 0 Å². The van der Waals surface area contributed by atoms with Crippen LogP contribution >= 0.6 is 0 Å². The molecular formula is C24H22N8O. The van der Waals surface area contributed by atoms with E-state index >= 15 is 0 Å². The number of carbonyl (C=O) groups is 1. The molecule has 9 heteroatoms. The van der Waals surface area contributed by atoms with Gasteiger partial charge in [0.2, 0.25) is 0 Å². The summed E-state index contributed by atoms with van der Waals surface area (Å²) in [6.45, 7) is 2.65. The van der Waals surface area contributed by atoms with E-state index in [0.717, 1.165) is 33.8 Å². The number of imidazole rings is 2. The summed E-state index contributed by atoms with van der Waals surface area (Å²) in [7, 11) is 0. The van der Waals surface area contributed by atoms with Gasteiger partial charge in [0, 0.05) is 53.8 Å². The molecule has 5 aromatic rings. The third-order valence-electron chi connectivity index (χ3n) is 5.18. The van der Waals surface area contributed by atoms with E-state index in [1.807, 2.05) is 61.5 Å². The van der Waals surface area contributed by atoms with Crippen LogP contribution in [-0.4, -0.2) is 35.6 Å². The topological polar surface area (TPSA) is 116 Å². The zero-order valence-corrected chi connectivity index (χ0v) is 17.9. The Kier molecular flexibility index (Phi) is 5.42. The molecule has 0 saturated carbocycles. The Morgan fingerprint density at radius 2 is 1.94 bits per heavy atom. The van der Waals surface area contributed by atoms with E-state index in [0.29, 0.717) is 18.1 Å². The zero-order chi connectivity index (χ0) is 22.6. The summed E-state index contributed by atoms with van der Waals surface area (Å²) in [6.07, 6.45) is 10.7. The van der Waals surface area contributed by atoms with Crippen LogP contribution in [-0.2, 0) is 6.54 Å². The molecular weight excluding hydrogens is 416 g/mol. The first kappa shape index (κ1) is 20.3. The Balaban J connectivity index is 1.31. The van der Waals surface area contributed by atoms with Gasteiger partial charge in [-0.3, -0.25) is 9.89 Å². The Morgan fingerprint density at radius 1 is 1.06 bits per heavy atom. The van der Waals surface area contributed by atoms with Crippen molar-refractivity contribution < 1.29 is 4.79 Å². The Hall–Kier alpha value is -4.66. The van der Waals surface area contributed by atoms with Crippen molar-refractivity contribution in [3.63, 3.8) is 0 Å². The number of H-pyrrole nitrogens is 2. The fraction of sp³-hybridized carbons (Fsp3) is 0.0833. The lowest BCUT2D eigenvalue weighted by Gasteiger charge is -2.10. The molecule has 0 fully saturated rings. The summed E-state index contributed by atoms with van der Waals surface area (Å²) < 4.78 is 1.80. The van der Waals surface area contributed by atoms with Gasteiger partial charge in [0.05, 0.1) is 11.2 Å². The highest BCUT2D eigenvalue weighted by atomic mass is 16.2. The highest BCUT2D eigenvalue weighted by Gasteiger charge is 2.12. The highest BCUT2D eigenvalue weighted by molar-refractivity contribution is 6.02. The van der Waals surface area contributed by atoms with Gasteiger partial charge in [-0.05, 0) is 55.5 Å². The first-order valence-corrected chi connectivity index (χ1v) is 10.5. The van der Waals surface area contributed by atoms with E-state index in [4.69, 9.17) is 0 Å². The molecule has 0 atom stereocenters. The van der Waals surface area contributed by atoms with Crippen molar-refractivity contribution in [2.75, 3.05) is 10.6 Å². The molecule has 0 aliphatic rings. The SMILES string of the molecule is CCn1ccnc1C(=O)Nc1cccc(Nc2ccc3c(/C=C/c4ncc[nH]4)n[nH]c3c2)c1. The van der Waals surface area contributed by atoms with E-state index in [9.17, 15) is 4.79 Å². The summed E-state index contributed by atoms with van der Waals surface area (Å²) in [4.78, 5) is 23.9. The maximum Gasteiger partial charge on any atom is 0.291 e. The average molecular weight is 438 g/mol. The van der Waals surface area contributed by atoms with Crippen LogP contribution in [0, 0.1) is 0 Å². The number of aryl methyl sites for hydroxylation is 1. The molecule has 0 unspecified atom stereocenters. The summed E-state index contributed by atoms with van der Waals surface area (Å²) in [5, 5.41) is 14.8. The third-order valence-corrected chi connectivity index (χ3v) is 5.18. The number of carbonyl (C=O) groups excluding carboxylic acids is 1. The van der Waals surface area contributed by atoms with Crippen molar-refractivity contribution in [2.24, 2.45) is 0 Å². The van der Waals surface area contributed by atoms with Crippen LogP contribution in [0.1, 0.15) is 29.1 Å². The first-order valence-electron chi connectivity index (χ1n) is 10.5. The molecule has 0 saturated heterocycles. The fourth-order valence-corrected chi connectivity index (χ4v) is 3.57. The van der Waals surface area contributed by atoms with Gasteiger partial charge >= 0.3 is 0 Å². The number of aromatic nitrogens is 6. The van der Waals surface area contributed by atoms with Gasteiger partial charge in [-0.2, -0.15) is 5.10 Å². The Morgan fingerprint density at radius 3 is 2.79 bits per heavy atom. The van der Waals surface area contributed by atoms with Gasteiger partial charge in [-0.1, -0.05) is 6.07 Å². The van der Waals surface area contributed by atoms with Gasteiger partial charge in [-0.25, -0.2) is 9.97 Å². The van der Waals surface area contributed by atoms with Crippen molar-refractivity contribution in [1.82, 2.24) is 29.7 Å². The summed E-state index contributed by atoms with van der Waals surface area (Å²) in [5.74, 6) is 0.917. The summed E-state index contributed by atoms with van der Waals surface area (Å²) >= 11 is 0. The van der Waals surface area contributed by atoms with Crippen LogP contribution in [0.3, 0.4) is 0 Å². The predicted molar refractivity (Wildman–Crippen MR) is 129 cm³/mol. The van der Waals surface area contributed by atoms with Gasteiger partial charge in [0.1, 0.15) is 5.82 Å². The molecule has 164 valence electrons. The number of fused-ring (bicyclic) bond motifs is 1. The molecule has 5 rings (SSSR count). The molecule has 33 heavy (non-hydrogen) atoms. The van der Waals surface area contributed by atoms with Crippen LogP contribution in [0.15, 0.2) is 67.3 Å². The minimum Gasteiger partial charge on any atom is -0.355 e. The number of rotatable bonds is 7. The number of amides is 1. The monoisotopic (exact) mass is 438 g/mol. The number of nitrogens with zero attached hydrogens (tertiary/aromatic N) is 4. The number of nitrogens with one attached hydrogen (secondary N) is 4. The van der Waals surface area contributed by atoms with Crippen molar-refractivity contribution >= 4 is 46.0 Å². The fourth-order valence-electron chi connectivity index (χ4n) is 3.57. The Labute approximate surface area is 189 Å². The van der Waals surface area contributed by atoms with Crippen LogP contribution < -0.4 is 10.6 Å². The zero-order valence-electron chi connectivity index (χ0n) is 17.9. The van der Waals surface area contributed by atoms with E-state index in [1.165, 1.54) is 0 Å². The molecule has 0 radical (unpaired) electrons. The van der Waals surface area contributed by atoms with E-state index in [-0.39, 0.29) is 5.91 Å². The van der Waals surface area contributed by atoms with Crippen molar-refractivity contribution in [3.05, 3.63) is 84.6 Å². The van der Waals surface area contributed by atoms with Crippen molar-refractivity contribution in [2.45, 2.75) is 13.5 Å². The van der Waals surface area contributed by atoms with Crippen LogP contribution in [0.2, 0.25) is 0 Å². The molecule has 1 amide bonds. The van der Waals surface area contributed by atoms with E-state index in [2.05, 4.69) is 35.8 Å². The minimum absolute atomic E-state index is 0.243. The number of aromatic amines is 2. The maximum absolute atomic E-state index is 12.6. The van der Waals surface area contributed by atoms with Crippen molar-refractivity contribution in [1.29, 1.82) is 0 Å². The van der Waals surface area contributed by atoms with Gasteiger partial charge in [-0.15, -0.1) is 0 Å². The average Bonchev–Trinajstić information content (AvgIpc) is 3.58. The lowest BCUT2D eigenvalue weighted by Crippen LogP contribution is -2.17. The molecule has 0 bridgehead atoms. The van der Waals surface area contributed by atoms with Gasteiger partial charge in [0.25, 0.3) is 5.91 Å². The summed E-state index contributed by atoms with van der Waals surface area (Å²) in [5.41, 5.74) is 4.18. The second-order valence-electron chi connectivity index (χ2n) is 7.37. The smallest absolute Gasteiger partial charge is 0.291 e. The number of hydrogen-bond donors (Lipinski definition) is 4. The molecule has 2 aromatic carbocycles. The molecule has 0 aliphatic carbocycles. The summed E-state index contributed by atoms with van der Waals surface area (Å²) in [6, 6.07) is 13.6. The first-order chi connectivity index (χ1) is 16.2. The number of anilines is 3. The number of benzene rings is 2. The molecule has 0 aliphatic heterocycles. The second-order valence-corrected chi connectivity index (χ2v) is 7.37. The molecule has 3 heterocycles. The second kappa shape index (κ2) is 8.83. The molecule has 4 N–H and O–H groups in total. The highest BCUT2D eigenvalue weighted by Crippen LogP contribution is 2.25. The predicted octanol–water partition coefficient (Wildman–Crippen LogP) is 4.67.